The SMILES string of the molecule is Cc1ccccc1Nc1c(P)nn(C2CC3CC(C2)N3C)c1/C=C\N. The first-order chi connectivity index (χ1) is 12.1. The number of para-hydroxylation sites is 1. The Balaban J connectivity index is 1.68. The van der Waals surface area contributed by atoms with E-state index >= 15 is 0 Å². The second kappa shape index (κ2) is 6.47. The highest BCUT2D eigenvalue weighted by atomic mass is 31.0. The quantitative estimate of drug-likeness (QED) is 0.828. The summed E-state index contributed by atoms with van der Waals surface area (Å²) >= 11 is 0. The lowest BCUT2D eigenvalue weighted by molar-refractivity contribution is -0.0287. The summed E-state index contributed by atoms with van der Waals surface area (Å²) in [6, 6.07) is 10.1. The molecule has 2 bridgehead atoms. The van der Waals surface area contributed by atoms with Crippen molar-refractivity contribution in [1.82, 2.24) is 14.7 Å². The molecule has 0 amide bonds. The normalized spacial score (nSPS) is 26.0. The van der Waals surface area contributed by atoms with Crippen molar-refractivity contribution in [3.05, 3.63) is 41.7 Å². The maximum atomic E-state index is 5.75. The smallest absolute Gasteiger partial charge is 0.103 e. The average molecular weight is 355 g/mol. The van der Waals surface area contributed by atoms with Crippen molar-refractivity contribution < 1.29 is 0 Å². The Hall–Kier alpha value is -1.84. The highest BCUT2D eigenvalue weighted by Gasteiger charge is 2.44. The molecule has 3 N–H and O–H groups in total. The molecule has 3 unspecified atom stereocenters. The van der Waals surface area contributed by atoms with Gasteiger partial charge in [0.05, 0.1) is 17.4 Å². The van der Waals surface area contributed by atoms with Gasteiger partial charge in [0.2, 0.25) is 0 Å². The van der Waals surface area contributed by atoms with E-state index in [0.29, 0.717) is 18.1 Å². The lowest BCUT2D eigenvalue weighted by Crippen LogP contribution is -2.58. The Morgan fingerprint density at radius 1 is 1.20 bits per heavy atom. The highest BCUT2D eigenvalue weighted by molar-refractivity contribution is 7.27. The van der Waals surface area contributed by atoms with E-state index in [9.17, 15) is 0 Å². The second-order valence-electron chi connectivity index (χ2n) is 7.22. The van der Waals surface area contributed by atoms with Gasteiger partial charge in [-0.1, -0.05) is 27.4 Å². The average Bonchev–Trinajstić information content (AvgIpc) is 2.93. The maximum Gasteiger partial charge on any atom is 0.103 e. The third-order valence-electron chi connectivity index (χ3n) is 5.76. The summed E-state index contributed by atoms with van der Waals surface area (Å²) in [6.07, 6.45) is 7.22. The molecule has 2 aromatic rings. The van der Waals surface area contributed by atoms with Crippen LogP contribution in [0.25, 0.3) is 6.08 Å². The van der Waals surface area contributed by atoms with Crippen molar-refractivity contribution in [2.75, 3.05) is 12.4 Å². The van der Waals surface area contributed by atoms with Gasteiger partial charge < -0.3 is 16.0 Å². The molecule has 3 aliphatic rings. The van der Waals surface area contributed by atoms with Crippen LogP contribution in [0.4, 0.5) is 11.4 Å². The molecule has 2 aliphatic heterocycles. The first-order valence-corrected chi connectivity index (χ1v) is 9.47. The second-order valence-corrected chi connectivity index (χ2v) is 7.77. The van der Waals surface area contributed by atoms with Gasteiger partial charge in [0.1, 0.15) is 5.44 Å². The summed E-state index contributed by atoms with van der Waals surface area (Å²) in [5.41, 5.74) is 11.1. The largest absolute Gasteiger partial charge is 0.405 e. The first kappa shape index (κ1) is 16.6. The number of rotatable bonds is 4. The highest BCUT2D eigenvalue weighted by Crippen LogP contribution is 2.43. The fourth-order valence-electron chi connectivity index (χ4n) is 4.23. The number of nitrogens with zero attached hydrogens (tertiary/aromatic N) is 3. The minimum Gasteiger partial charge on any atom is -0.405 e. The van der Waals surface area contributed by atoms with Crippen LogP contribution >= 0.6 is 9.24 Å². The zero-order chi connectivity index (χ0) is 17.6. The number of aromatic nitrogens is 2. The Morgan fingerprint density at radius 2 is 1.88 bits per heavy atom. The van der Waals surface area contributed by atoms with Gasteiger partial charge in [0.15, 0.2) is 0 Å². The summed E-state index contributed by atoms with van der Waals surface area (Å²) < 4.78 is 2.18. The van der Waals surface area contributed by atoms with Crippen molar-refractivity contribution in [3.8, 4) is 0 Å². The molecule has 3 heterocycles. The van der Waals surface area contributed by atoms with E-state index in [1.165, 1.54) is 12.0 Å². The summed E-state index contributed by atoms with van der Waals surface area (Å²) in [5.74, 6) is 0. The van der Waals surface area contributed by atoms with Crippen LogP contribution in [0.2, 0.25) is 0 Å². The third-order valence-corrected chi connectivity index (χ3v) is 6.17. The molecule has 5 rings (SSSR count). The van der Waals surface area contributed by atoms with E-state index < -0.39 is 0 Å². The molecule has 2 saturated heterocycles. The van der Waals surface area contributed by atoms with E-state index in [2.05, 4.69) is 56.3 Å². The lowest BCUT2D eigenvalue weighted by Gasteiger charge is -2.53. The standard InChI is InChI=1S/C19H26N5P/c1-12-5-3-4-6-16(12)21-18-17(7-8-20)24(22-19(18)25)15-10-13-9-14(11-15)23(13)2/h3-8,13-15,21H,9-11,20,25H2,1-2H3/b8-7-. The number of piperidine rings is 1. The molecule has 6 heteroatoms. The molecule has 0 radical (unpaired) electrons. The zero-order valence-corrected chi connectivity index (χ0v) is 16.0. The molecule has 1 aromatic heterocycles. The van der Waals surface area contributed by atoms with Crippen molar-refractivity contribution >= 4 is 32.1 Å². The maximum absolute atomic E-state index is 5.75. The first-order valence-electron chi connectivity index (χ1n) is 8.89. The molecule has 5 nitrogen and oxygen atoms in total. The molecule has 1 aliphatic carbocycles. The third kappa shape index (κ3) is 2.86. The monoisotopic (exact) mass is 355 g/mol. The number of anilines is 2. The Labute approximate surface area is 151 Å². The van der Waals surface area contributed by atoms with E-state index in [0.717, 1.165) is 35.3 Å². The van der Waals surface area contributed by atoms with Gasteiger partial charge >= 0.3 is 0 Å². The minimum absolute atomic E-state index is 0.442. The number of hydrogen-bond donors (Lipinski definition) is 2. The molecule has 132 valence electrons. The number of nitrogens with one attached hydrogen (secondary N) is 1. The summed E-state index contributed by atoms with van der Waals surface area (Å²) in [4.78, 5) is 2.51. The van der Waals surface area contributed by atoms with Crippen molar-refractivity contribution in [2.24, 2.45) is 5.73 Å². The van der Waals surface area contributed by atoms with Gasteiger partial charge in [-0.25, -0.2) is 0 Å². The molecular weight excluding hydrogens is 329 g/mol. The number of aryl methyl sites for hydroxylation is 1. The van der Waals surface area contributed by atoms with Crippen molar-refractivity contribution in [2.45, 2.75) is 44.3 Å². The van der Waals surface area contributed by atoms with Crippen LogP contribution in [-0.4, -0.2) is 33.8 Å². The zero-order valence-electron chi connectivity index (χ0n) is 14.8. The topological polar surface area (TPSA) is 59.1 Å². The molecular formula is C19H26N5P. The number of nitrogens with two attached hydrogens (primary N) is 1. The van der Waals surface area contributed by atoms with Crippen LogP contribution in [0.5, 0.6) is 0 Å². The van der Waals surface area contributed by atoms with Crippen molar-refractivity contribution in [3.63, 3.8) is 0 Å². The Bertz CT molecular complexity index is 800. The molecule has 1 aromatic carbocycles. The molecule has 1 saturated carbocycles. The van der Waals surface area contributed by atoms with Gasteiger partial charge in [-0.2, -0.15) is 5.10 Å². The molecule has 3 atom stereocenters. The van der Waals surface area contributed by atoms with Crippen LogP contribution in [0.3, 0.4) is 0 Å². The summed E-state index contributed by atoms with van der Waals surface area (Å²) in [6.45, 7) is 2.11. The number of fused-ring (bicyclic) bond motifs is 2. The predicted octanol–water partition coefficient (Wildman–Crippen LogP) is 2.77. The van der Waals surface area contributed by atoms with E-state index in [-0.39, 0.29) is 0 Å². The lowest BCUT2D eigenvalue weighted by atomic mass is 9.77. The van der Waals surface area contributed by atoms with Crippen LogP contribution in [0.1, 0.15) is 36.6 Å². The van der Waals surface area contributed by atoms with Crippen molar-refractivity contribution in [1.29, 1.82) is 0 Å². The van der Waals surface area contributed by atoms with Crippen LogP contribution in [-0.2, 0) is 0 Å². The summed E-state index contributed by atoms with van der Waals surface area (Å²) in [5, 5.41) is 8.41. The van der Waals surface area contributed by atoms with Gasteiger partial charge in [0, 0.05) is 17.8 Å². The fraction of sp³-hybridized carbons (Fsp3) is 0.421. The summed E-state index contributed by atoms with van der Waals surface area (Å²) in [7, 11) is 5.01. The molecule has 25 heavy (non-hydrogen) atoms. The van der Waals surface area contributed by atoms with Gasteiger partial charge in [0.25, 0.3) is 0 Å². The molecule has 0 spiro atoms. The minimum atomic E-state index is 0.442. The number of benzene rings is 1. The van der Waals surface area contributed by atoms with Crippen LogP contribution in [0, 0.1) is 6.92 Å². The van der Waals surface area contributed by atoms with Crippen LogP contribution in [0.15, 0.2) is 30.5 Å². The van der Waals surface area contributed by atoms with E-state index in [1.807, 2.05) is 12.1 Å². The predicted molar refractivity (Wildman–Crippen MR) is 107 cm³/mol. The molecule has 3 fully saturated rings. The van der Waals surface area contributed by atoms with Crippen LogP contribution < -0.4 is 16.5 Å². The van der Waals surface area contributed by atoms with E-state index in [1.54, 1.807) is 6.20 Å². The number of hydrogen-bond acceptors (Lipinski definition) is 4. The fourth-order valence-corrected chi connectivity index (χ4v) is 4.57. The van der Waals surface area contributed by atoms with E-state index in [4.69, 9.17) is 10.8 Å². The Kier molecular flexibility index (Phi) is 4.30. The van der Waals surface area contributed by atoms with Gasteiger partial charge in [-0.3, -0.25) is 4.68 Å². The Morgan fingerprint density at radius 3 is 2.52 bits per heavy atom. The van der Waals surface area contributed by atoms with Gasteiger partial charge in [-0.15, -0.1) is 0 Å². The van der Waals surface area contributed by atoms with Gasteiger partial charge in [-0.05, 0) is 57.1 Å².